The third-order valence-corrected chi connectivity index (χ3v) is 3.76. The Morgan fingerprint density at radius 2 is 2.11 bits per heavy atom. The summed E-state index contributed by atoms with van der Waals surface area (Å²) in [5, 5.41) is 2.07. The molecule has 2 aromatic heterocycles. The van der Waals surface area contributed by atoms with Gasteiger partial charge in [-0.2, -0.15) is 0 Å². The third-order valence-electron chi connectivity index (χ3n) is 2.86. The molecule has 18 heavy (non-hydrogen) atoms. The van der Waals surface area contributed by atoms with Crippen LogP contribution in [0.2, 0.25) is 0 Å². The van der Waals surface area contributed by atoms with Gasteiger partial charge in [-0.05, 0) is 36.4 Å². The van der Waals surface area contributed by atoms with Crippen LogP contribution in [0, 0.1) is 12.3 Å². The molecule has 0 aromatic carbocycles. The summed E-state index contributed by atoms with van der Waals surface area (Å²) in [6, 6.07) is 6.16. The van der Waals surface area contributed by atoms with Crippen LogP contribution in [0.5, 0.6) is 0 Å². The van der Waals surface area contributed by atoms with Crippen molar-refractivity contribution in [3.05, 3.63) is 35.1 Å². The van der Waals surface area contributed by atoms with Gasteiger partial charge in [0.15, 0.2) is 0 Å². The van der Waals surface area contributed by atoms with Crippen molar-refractivity contribution in [2.45, 2.75) is 27.2 Å². The van der Waals surface area contributed by atoms with Crippen LogP contribution in [-0.2, 0) is 6.42 Å². The Hall–Kier alpha value is -1.26. The molecule has 4 heteroatoms. The van der Waals surface area contributed by atoms with Crippen LogP contribution < -0.4 is 5.73 Å². The van der Waals surface area contributed by atoms with Crippen LogP contribution in [0.1, 0.15) is 25.4 Å². The highest BCUT2D eigenvalue weighted by atomic mass is 32.1. The molecule has 0 bridgehead atoms. The van der Waals surface area contributed by atoms with Crippen molar-refractivity contribution in [2.24, 2.45) is 11.1 Å². The maximum absolute atomic E-state index is 5.77. The SMILES string of the molecule is Cc1cc(-c2cccs2)nc(CC(C)(C)CN)n1. The minimum atomic E-state index is 0.0422. The van der Waals surface area contributed by atoms with E-state index in [-0.39, 0.29) is 5.41 Å². The summed E-state index contributed by atoms with van der Waals surface area (Å²) < 4.78 is 0. The van der Waals surface area contributed by atoms with Gasteiger partial charge in [-0.25, -0.2) is 9.97 Å². The van der Waals surface area contributed by atoms with Crippen LogP contribution in [0.4, 0.5) is 0 Å². The lowest BCUT2D eigenvalue weighted by Gasteiger charge is -2.21. The largest absolute Gasteiger partial charge is 0.330 e. The Morgan fingerprint density at radius 1 is 1.33 bits per heavy atom. The Morgan fingerprint density at radius 3 is 2.72 bits per heavy atom. The molecule has 2 heterocycles. The zero-order valence-electron chi connectivity index (χ0n) is 11.1. The van der Waals surface area contributed by atoms with Gasteiger partial charge in [0.2, 0.25) is 0 Å². The van der Waals surface area contributed by atoms with Crippen LogP contribution in [0.25, 0.3) is 10.6 Å². The van der Waals surface area contributed by atoms with Crippen LogP contribution in [0.3, 0.4) is 0 Å². The van der Waals surface area contributed by atoms with Crippen molar-refractivity contribution in [2.75, 3.05) is 6.54 Å². The van der Waals surface area contributed by atoms with Crippen LogP contribution in [-0.4, -0.2) is 16.5 Å². The number of rotatable bonds is 4. The molecule has 0 aliphatic carbocycles. The molecule has 2 N–H and O–H groups in total. The molecule has 0 unspecified atom stereocenters. The smallest absolute Gasteiger partial charge is 0.129 e. The Bertz CT molecular complexity index is 518. The first-order valence-electron chi connectivity index (χ1n) is 6.09. The molecular weight excluding hydrogens is 242 g/mol. The summed E-state index contributed by atoms with van der Waals surface area (Å²) in [6.07, 6.45) is 0.809. The fourth-order valence-electron chi connectivity index (χ4n) is 1.76. The van der Waals surface area contributed by atoms with Gasteiger partial charge in [-0.15, -0.1) is 11.3 Å². The molecule has 0 saturated heterocycles. The third kappa shape index (κ3) is 3.15. The molecule has 0 aliphatic heterocycles. The van der Waals surface area contributed by atoms with Crippen LogP contribution in [0.15, 0.2) is 23.6 Å². The van der Waals surface area contributed by atoms with E-state index in [9.17, 15) is 0 Å². The highest BCUT2D eigenvalue weighted by Crippen LogP contribution is 2.25. The fraction of sp³-hybridized carbons (Fsp3) is 0.429. The summed E-state index contributed by atoms with van der Waals surface area (Å²) in [4.78, 5) is 10.4. The molecule has 2 aromatic rings. The van der Waals surface area contributed by atoms with Gasteiger partial charge < -0.3 is 5.73 Å². The molecule has 3 nitrogen and oxygen atoms in total. The van der Waals surface area contributed by atoms with Crippen molar-refractivity contribution in [1.29, 1.82) is 0 Å². The number of aryl methyl sites for hydroxylation is 1. The van der Waals surface area contributed by atoms with Gasteiger partial charge in [0, 0.05) is 12.1 Å². The van der Waals surface area contributed by atoms with Crippen molar-refractivity contribution in [3.8, 4) is 10.6 Å². The predicted octanol–water partition coefficient (Wildman–Crippen LogP) is 3.04. The van der Waals surface area contributed by atoms with E-state index in [1.807, 2.05) is 19.1 Å². The second kappa shape index (κ2) is 5.16. The number of nitrogens with two attached hydrogens (primary N) is 1. The number of thiophene rings is 1. The van der Waals surface area contributed by atoms with E-state index in [0.717, 1.165) is 23.6 Å². The monoisotopic (exact) mass is 261 g/mol. The first-order chi connectivity index (χ1) is 8.50. The Kier molecular flexibility index (Phi) is 3.78. The second-order valence-electron chi connectivity index (χ2n) is 5.33. The lowest BCUT2D eigenvalue weighted by molar-refractivity contribution is 0.367. The summed E-state index contributed by atoms with van der Waals surface area (Å²) in [7, 11) is 0. The quantitative estimate of drug-likeness (QED) is 0.920. The predicted molar refractivity (Wildman–Crippen MR) is 76.6 cm³/mol. The molecule has 2 rings (SSSR count). The molecule has 96 valence electrons. The van der Waals surface area contributed by atoms with E-state index in [4.69, 9.17) is 5.73 Å². The average Bonchev–Trinajstić information content (AvgIpc) is 2.81. The maximum Gasteiger partial charge on any atom is 0.129 e. The summed E-state index contributed by atoms with van der Waals surface area (Å²) in [5.41, 5.74) is 7.84. The van der Waals surface area contributed by atoms with E-state index in [0.29, 0.717) is 6.54 Å². The molecule has 0 radical (unpaired) electrons. The van der Waals surface area contributed by atoms with Crippen molar-refractivity contribution < 1.29 is 0 Å². The van der Waals surface area contributed by atoms with E-state index < -0.39 is 0 Å². The van der Waals surface area contributed by atoms with Gasteiger partial charge in [0.25, 0.3) is 0 Å². The lowest BCUT2D eigenvalue weighted by atomic mass is 9.89. The van der Waals surface area contributed by atoms with Crippen molar-refractivity contribution >= 4 is 11.3 Å². The van der Waals surface area contributed by atoms with Gasteiger partial charge >= 0.3 is 0 Å². The summed E-state index contributed by atoms with van der Waals surface area (Å²) >= 11 is 1.70. The van der Waals surface area contributed by atoms with E-state index >= 15 is 0 Å². The molecule has 0 spiro atoms. The molecule has 0 saturated carbocycles. The number of hydrogen-bond acceptors (Lipinski definition) is 4. The first kappa shape index (κ1) is 13.2. The summed E-state index contributed by atoms with van der Waals surface area (Å²) in [6.45, 7) is 6.93. The van der Waals surface area contributed by atoms with Crippen molar-refractivity contribution in [1.82, 2.24) is 9.97 Å². The first-order valence-corrected chi connectivity index (χ1v) is 6.97. The Labute approximate surface area is 112 Å². The highest BCUT2D eigenvalue weighted by Gasteiger charge is 2.18. The van der Waals surface area contributed by atoms with Gasteiger partial charge in [-0.1, -0.05) is 19.9 Å². The molecular formula is C14H19N3S. The average molecular weight is 261 g/mol. The molecule has 0 atom stereocenters. The highest BCUT2D eigenvalue weighted by molar-refractivity contribution is 7.13. The van der Waals surface area contributed by atoms with Gasteiger partial charge in [0.05, 0.1) is 10.6 Å². The second-order valence-corrected chi connectivity index (χ2v) is 6.28. The normalized spacial score (nSPS) is 11.8. The van der Waals surface area contributed by atoms with E-state index in [2.05, 4.69) is 35.3 Å². The van der Waals surface area contributed by atoms with Crippen molar-refractivity contribution in [3.63, 3.8) is 0 Å². The standard InChI is InChI=1S/C14H19N3S/c1-10-7-11(12-5-4-6-18-12)17-13(16-10)8-14(2,3)9-15/h4-7H,8-9,15H2,1-3H3. The summed E-state index contributed by atoms with van der Waals surface area (Å²) in [5.74, 6) is 0.883. The molecule has 0 aliphatic rings. The van der Waals surface area contributed by atoms with E-state index in [1.165, 1.54) is 4.88 Å². The molecule has 0 fully saturated rings. The maximum atomic E-state index is 5.77. The minimum absolute atomic E-state index is 0.0422. The zero-order valence-corrected chi connectivity index (χ0v) is 11.9. The topological polar surface area (TPSA) is 51.8 Å². The lowest BCUT2D eigenvalue weighted by Crippen LogP contribution is -2.27. The van der Waals surface area contributed by atoms with Gasteiger partial charge in [-0.3, -0.25) is 0 Å². The van der Waals surface area contributed by atoms with E-state index in [1.54, 1.807) is 11.3 Å². The fourth-order valence-corrected chi connectivity index (χ4v) is 2.45. The number of hydrogen-bond donors (Lipinski definition) is 1. The number of aromatic nitrogens is 2. The van der Waals surface area contributed by atoms with Crippen LogP contribution >= 0.6 is 11.3 Å². The molecule has 0 amide bonds. The number of nitrogens with zero attached hydrogens (tertiary/aromatic N) is 2. The minimum Gasteiger partial charge on any atom is -0.330 e. The zero-order chi connectivity index (χ0) is 13.2. The Balaban J connectivity index is 2.33. The van der Waals surface area contributed by atoms with Gasteiger partial charge in [0.1, 0.15) is 5.82 Å².